The molecule has 1 fully saturated rings. The first kappa shape index (κ1) is 18.5. The summed E-state index contributed by atoms with van der Waals surface area (Å²) in [5.74, 6) is -1.68. The maximum Gasteiger partial charge on any atom is 0.294 e. The number of benzene rings is 2. The van der Waals surface area contributed by atoms with Crippen LogP contribution in [0.4, 0.5) is 10.5 Å². The molecule has 3 rings (SSSR count). The summed E-state index contributed by atoms with van der Waals surface area (Å²) in [7, 11) is 0. The number of rotatable bonds is 4. The molecule has 1 aliphatic rings. The van der Waals surface area contributed by atoms with E-state index in [9.17, 15) is 24.6 Å². The Hall–Kier alpha value is -3.26. The van der Waals surface area contributed by atoms with Gasteiger partial charge in [0.25, 0.3) is 11.1 Å². The molecule has 7 nitrogen and oxygen atoms in total. The lowest BCUT2D eigenvalue weighted by Crippen LogP contribution is -2.36. The van der Waals surface area contributed by atoms with E-state index in [1.807, 2.05) is 19.1 Å². The number of imide groups is 1. The van der Waals surface area contributed by atoms with Crippen LogP contribution in [0.3, 0.4) is 0 Å². The van der Waals surface area contributed by atoms with Crippen molar-refractivity contribution in [3.63, 3.8) is 0 Å². The minimum Gasteiger partial charge on any atom is -0.504 e. The molecule has 0 bridgehead atoms. The maximum atomic E-state index is 12.5. The first-order chi connectivity index (χ1) is 12.8. The third kappa shape index (κ3) is 4.12. The number of para-hydroxylation sites is 1. The molecule has 0 radical (unpaired) electrons. The van der Waals surface area contributed by atoms with Crippen LogP contribution in [0.2, 0.25) is 0 Å². The van der Waals surface area contributed by atoms with Crippen LogP contribution in [0.25, 0.3) is 6.08 Å². The van der Waals surface area contributed by atoms with Gasteiger partial charge in [0.1, 0.15) is 6.54 Å². The Balaban J connectivity index is 1.72. The monoisotopic (exact) mass is 384 g/mol. The van der Waals surface area contributed by atoms with E-state index < -0.39 is 23.6 Å². The summed E-state index contributed by atoms with van der Waals surface area (Å²) >= 11 is 0.713. The first-order valence-corrected chi connectivity index (χ1v) is 8.79. The van der Waals surface area contributed by atoms with Crippen molar-refractivity contribution in [1.82, 2.24) is 4.90 Å². The van der Waals surface area contributed by atoms with Crippen molar-refractivity contribution in [3.05, 3.63) is 58.5 Å². The SMILES string of the molecule is Cc1ccccc1NC(=O)CN1C(=O)S/C(=C/c2ccc(O)c(O)c2)C1=O. The quantitative estimate of drug-likeness (QED) is 0.552. The molecule has 0 aliphatic carbocycles. The number of aryl methyl sites for hydroxylation is 1. The number of anilines is 1. The van der Waals surface area contributed by atoms with E-state index in [0.29, 0.717) is 23.0 Å². The molecule has 0 spiro atoms. The standard InChI is InChI=1S/C19H16N2O5S/c1-11-4-2-3-5-13(11)20-17(24)10-21-18(25)16(27-19(21)26)9-12-6-7-14(22)15(23)8-12/h2-9,22-23H,10H2,1H3,(H,20,24)/b16-9+. The van der Waals surface area contributed by atoms with Gasteiger partial charge in [0.05, 0.1) is 4.91 Å². The molecule has 0 aromatic heterocycles. The highest BCUT2D eigenvalue weighted by Crippen LogP contribution is 2.33. The number of carbonyl (C=O) groups is 3. The van der Waals surface area contributed by atoms with Gasteiger partial charge in [-0.25, -0.2) is 0 Å². The van der Waals surface area contributed by atoms with Crippen LogP contribution >= 0.6 is 11.8 Å². The average molecular weight is 384 g/mol. The first-order valence-electron chi connectivity index (χ1n) is 7.98. The van der Waals surface area contributed by atoms with Crippen molar-refractivity contribution in [3.8, 4) is 11.5 Å². The number of nitrogens with one attached hydrogen (secondary N) is 1. The Morgan fingerprint density at radius 2 is 1.89 bits per heavy atom. The van der Waals surface area contributed by atoms with E-state index in [2.05, 4.69) is 5.32 Å². The fraction of sp³-hybridized carbons (Fsp3) is 0.105. The summed E-state index contributed by atoms with van der Waals surface area (Å²) in [6.45, 7) is 1.45. The van der Waals surface area contributed by atoms with E-state index in [1.54, 1.807) is 12.1 Å². The number of phenols is 2. The molecule has 1 saturated heterocycles. The zero-order valence-electron chi connectivity index (χ0n) is 14.3. The predicted molar refractivity (Wildman–Crippen MR) is 102 cm³/mol. The van der Waals surface area contributed by atoms with E-state index >= 15 is 0 Å². The average Bonchev–Trinajstić information content (AvgIpc) is 2.88. The number of aromatic hydroxyl groups is 2. The third-order valence-corrected chi connectivity index (χ3v) is 4.80. The summed E-state index contributed by atoms with van der Waals surface area (Å²) in [6.07, 6.45) is 1.42. The molecule has 1 aliphatic heterocycles. The minimum absolute atomic E-state index is 0.133. The Morgan fingerprint density at radius 1 is 1.15 bits per heavy atom. The highest BCUT2D eigenvalue weighted by Gasteiger charge is 2.36. The van der Waals surface area contributed by atoms with Crippen molar-refractivity contribution in [1.29, 1.82) is 0 Å². The molecule has 3 N–H and O–H groups in total. The topological polar surface area (TPSA) is 107 Å². The van der Waals surface area contributed by atoms with Gasteiger partial charge in [-0.3, -0.25) is 19.3 Å². The van der Waals surface area contributed by atoms with Crippen LogP contribution < -0.4 is 5.32 Å². The Labute approximate surface area is 159 Å². The number of nitrogens with zero attached hydrogens (tertiary/aromatic N) is 1. The number of phenolic OH excluding ortho intramolecular Hbond substituents is 2. The van der Waals surface area contributed by atoms with Crippen LogP contribution in [0.15, 0.2) is 47.4 Å². The molecule has 0 atom stereocenters. The summed E-state index contributed by atoms with van der Waals surface area (Å²) in [6, 6.07) is 11.2. The van der Waals surface area contributed by atoms with Gasteiger partial charge in [0.15, 0.2) is 11.5 Å². The second-order valence-corrected chi connectivity index (χ2v) is 6.87. The molecule has 138 valence electrons. The lowest BCUT2D eigenvalue weighted by Gasteiger charge is -2.13. The zero-order valence-corrected chi connectivity index (χ0v) is 15.1. The molecule has 3 amide bonds. The van der Waals surface area contributed by atoms with Crippen LogP contribution in [0.5, 0.6) is 11.5 Å². The highest BCUT2D eigenvalue weighted by molar-refractivity contribution is 8.18. The van der Waals surface area contributed by atoms with Crippen molar-refractivity contribution >= 4 is 40.6 Å². The summed E-state index contributed by atoms with van der Waals surface area (Å²) in [4.78, 5) is 37.8. The van der Waals surface area contributed by atoms with Crippen molar-refractivity contribution < 1.29 is 24.6 Å². The number of amides is 3. The van der Waals surface area contributed by atoms with Crippen LogP contribution in [0, 0.1) is 6.92 Å². The fourth-order valence-electron chi connectivity index (χ4n) is 2.46. The molecular formula is C19H16N2O5S. The Bertz CT molecular complexity index is 970. The lowest BCUT2D eigenvalue weighted by atomic mass is 10.2. The molecule has 0 saturated carbocycles. The summed E-state index contributed by atoms with van der Waals surface area (Å²) in [5.41, 5.74) is 1.93. The maximum absolute atomic E-state index is 12.5. The third-order valence-electron chi connectivity index (χ3n) is 3.89. The molecule has 27 heavy (non-hydrogen) atoms. The second-order valence-electron chi connectivity index (χ2n) is 5.88. The Kier molecular flexibility index (Phi) is 5.18. The Morgan fingerprint density at radius 3 is 2.59 bits per heavy atom. The van der Waals surface area contributed by atoms with Gasteiger partial charge in [-0.15, -0.1) is 0 Å². The normalized spacial score (nSPS) is 15.4. The van der Waals surface area contributed by atoms with Crippen LogP contribution in [-0.2, 0) is 9.59 Å². The van der Waals surface area contributed by atoms with E-state index in [-0.39, 0.29) is 16.4 Å². The predicted octanol–water partition coefficient (Wildman–Crippen LogP) is 3.08. The van der Waals surface area contributed by atoms with Crippen molar-refractivity contribution in [2.45, 2.75) is 6.92 Å². The van der Waals surface area contributed by atoms with Gasteiger partial charge in [-0.1, -0.05) is 24.3 Å². The van der Waals surface area contributed by atoms with Gasteiger partial charge >= 0.3 is 0 Å². The molecule has 8 heteroatoms. The summed E-state index contributed by atoms with van der Waals surface area (Å²) in [5, 5.41) is 21.0. The largest absolute Gasteiger partial charge is 0.504 e. The van der Waals surface area contributed by atoms with Gasteiger partial charge in [0.2, 0.25) is 5.91 Å². The highest BCUT2D eigenvalue weighted by atomic mass is 32.2. The molecule has 2 aromatic rings. The number of thioether (sulfide) groups is 1. The van der Waals surface area contributed by atoms with E-state index in [4.69, 9.17) is 0 Å². The molecule has 2 aromatic carbocycles. The van der Waals surface area contributed by atoms with Crippen LogP contribution in [-0.4, -0.2) is 38.7 Å². The zero-order chi connectivity index (χ0) is 19.6. The second kappa shape index (κ2) is 7.55. The smallest absolute Gasteiger partial charge is 0.294 e. The number of hydrogen-bond acceptors (Lipinski definition) is 6. The van der Waals surface area contributed by atoms with Crippen molar-refractivity contribution in [2.24, 2.45) is 0 Å². The van der Waals surface area contributed by atoms with Gasteiger partial charge in [0, 0.05) is 5.69 Å². The molecule has 0 unspecified atom stereocenters. The minimum atomic E-state index is -0.586. The van der Waals surface area contributed by atoms with E-state index in [0.717, 1.165) is 10.5 Å². The molecular weight excluding hydrogens is 368 g/mol. The van der Waals surface area contributed by atoms with E-state index in [1.165, 1.54) is 24.3 Å². The molecule has 1 heterocycles. The van der Waals surface area contributed by atoms with Gasteiger partial charge < -0.3 is 15.5 Å². The van der Waals surface area contributed by atoms with Gasteiger partial charge in [-0.05, 0) is 54.1 Å². The van der Waals surface area contributed by atoms with Crippen LogP contribution in [0.1, 0.15) is 11.1 Å². The number of carbonyl (C=O) groups excluding carboxylic acids is 3. The fourth-order valence-corrected chi connectivity index (χ4v) is 3.30. The summed E-state index contributed by atoms with van der Waals surface area (Å²) < 4.78 is 0. The number of hydrogen-bond donors (Lipinski definition) is 3. The lowest BCUT2D eigenvalue weighted by molar-refractivity contribution is -0.127. The van der Waals surface area contributed by atoms with Gasteiger partial charge in [-0.2, -0.15) is 0 Å². The van der Waals surface area contributed by atoms with Crippen molar-refractivity contribution in [2.75, 3.05) is 11.9 Å².